The minimum absolute atomic E-state index is 0.0159. The van der Waals surface area contributed by atoms with Crippen LogP contribution < -0.4 is 0 Å². The van der Waals surface area contributed by atoms with Crippen LogP contribution in [0.1, 0.15) is 17.3 Å². The quantitative estimate of drug-likeness (QED) is 0.836. The largest absolute Gasteiger partial charge is 0.507 e. The van der Waals surface area contributed by atoms with E-state index < -0.39 is 0 Å². The van der Waals surface area contributed by atoms with Gasteiger partial charge in [-0.2, -0.15) is 0 Å². The summed E-state index contributed by atoms with van der Waals surface area (Å²) in [6, 6.07) is 4.51. The Hall–Kier alpha value is -0.780. The number of ether oxygens (including phenoxy) is 1. The topological polar surface area (TPSA) is 49.8 Å². The number of halogens is 2. The Labute approximate surface area is 125 Å². The van der Waals surface area contributed by atoms with Crippen LogP contribution in [-0.2, 0) is 4.74 Å². The Bertz CT molecular complexity index is 483. The lowest BCUT2D eigenvalue weighted by Crippen LogP contribution is -2.51. The Morgan fingerprint density at radius 2 is 2.37 bits per heavy atom. The molecule has 0 saturated carbocycles. The van der Waals surface area contributed by atoms with Gasteiger partial charge in [-0.15, -0.1) is 0 Å². The third-order valence-corrected chi connectivity index (χ3v) is 4.09. The maximum Gasteiger partial charge on any atom is 0.258 e. The number of rotatable bonds is 2. The molecule has 1 saturated heterocycles. The molecule has 4 nitrogen and oxygen atoms in total. The van der Waals surface area contributed by atoms with Gasteiger partial charge in [0.2, 0.25) is 0 Å². The molecule has 104 valence electrons. The maximum atomic E-state index is 12.5. The van der Waals surface area contributed by atoms with Crippen LogP contribution in [0.4, 0.5) is 0 Å². The molecule has 2 atom stereocenters. The van der Waals surface area contributed by atoms with E-state index >= 15 is 0 Å². The minimum Gasteiger partial charge on any atom is -0.507 e. The van der Waals surface area contributed by atoms with Crippen LogP contribution in [0.15, 0.2) is 18.2 Å². The highest BCUT2D eigenvalue weighted by Crippen LogP contribution is 2.25. The van der Waals surface area contributed by atoms with Crippen LogP contribution >= 0.6 is 27.5 Å². The average Bonchev–Trinajstić information content (AvgIpc) is 2.38. The van der Waals surface area contributed by atoms with E-state index in [1.54, 1.807) is 17.0 Å². The summed E-state index contributed by atoms with van der Waals surface area (Å²) in [4.78, 5) is 14.2. The first kappa shape index (κ1) is 14.6. The number of phenols is 1. The highest BCUT2D eigenvalue weighted by molar-refractivity contribution is 9.09. The van der Waals surface area contributed by atoms with Crippen molar-refractivity contribution in [2.24, 2.45) is 0 Å². The molecule has 1 aromatic rings. The zero-order valence-electron chi connectivity index (χ0n) is 10.5. The predicted molar refractivity (Wildman–Crippen MR) is 77.1 cm³/mol. The first-order valence-corrected chi connectivity index (χ1v) is 7.50. The lowest BCUT2D eigenvalue weighted by molar-refractivity contribution is -0.0362. The summed E-state index contributed by atoms with van der Waals surface area (Å²) in [6.45, 7) is 2.93. The zero-order valence-corrected chi connectivity index (χ0v) is 12.8. The molecule has 2 rings (SSSR count). The molecule has 1 fully saturated rings. The normalized spacial score (nSPS) is 23.4. The number of phenolic OH excluding ortho intramolecular Hbond substituents is 1. The fraction of sp³-hybridized carbons (Fsp3) is 0.462. The smallest absolute Gasteiger partial charge is 0.258 e. The molecule has 1 amide bonds. The van der Waals surface area contributed by atoms with E-state index in [9.17, 15) is 9.90 Å². The number of benzene rings is 1. The zero-order chi connectivity index (χ0) is 14.0. The molecular weight excluding hydrogens is 334 g/mol. The van der Waals surface area contributed by atoms with Gasteiger partial charge in [0.15, 0.2) is 0 Å². The van der Waals surface area contributed by atoms with Crippen molar-refractivity contribution in [3.8, 4) is 5.75 Å². The number of nitrogens with zero attached hydrogens (tertiary/aromatic N) is 1. The maximum absolute atomic E-state index is 12.5. The van der Waals surface area contributed by atoms with Crippen molar-refractivity contribution in [2.45, 2.75) is 19.1 Å². The van der Waals surface area contributed by atoms with E-state index in [4.69, 9.17) is 16.3 Å². The van der Waals surface area contributed by atoms with Gasteiger partial charge in [-0.05, 0) is 25.1 Å². The van der Waals surface area contributed by atoms with Crippen molar-refractivity contribution in [1.82, 2.24) is 4.90 Å². The van der Waals surface area contributed by atoms with Gasteiger partial charge in [0.05, 0.1) is 24.3 Å². The molecular formula is C13H15BrClNO3. The van der Waals surface area contributed by atoms with Crippen LogP contribution in [0.2, 0.25) is 5.02 Å². The fourth-order valence-corrected chi connectivity index (χ4v) is 2.59. The first-order valence-electron chi connectivity index (χ1n) is 6.00. The highest BCUT2D eigenvalue weighted by atomic mass is 79.9. The van der Waals surface area contributed by atoms with Crippen molar-refractivity contribution in [1.29, 1.82) is 0 Å². The number of morpholine rings is 1. The van der Waals surface area contributed by atoms with Gasteiger partial charge in [-0.1, -0.05) is 27.5 Å². The van der Waals surface area contributed by atoms with Crippen LogP contribution in [-0.4, -0.2) is 46.5 Å². The van der Waals surface area contributed by atoms with Gasteiger partial charge < -0.3 is 14.7 Å². The molecule has 0 radical (unpaired) electrons. The van der Waals surface area contributed by atoms with Gasteiger partial charge in [0, 0.05) is 16.9 Å². The number of hydrogen-bond donors (Lipinski definition) is 1. The summed E-state index contributed by atoms with van der Waals surface area (Å²) in [7, 11) is 0. The van der Waals surface area contributed by atoms with Gasteiger partial charge in [-0.25, -0.2) is 0 Å². The van der Waals surface area contributed by atoms with E-state index in [1.807, 2.05) is 6.92 Å². The lowest BCUT2D eigenvalue weighted by atomic mass is 10.1. The molecule has 1 N–H and O–H groups in total. The third-order valence-electron chi connectivity index (χ3n) is 3.13. The first-order chi connectivity index (χ1) is 9.02. The van der Waals surface area contributed by atoms with Crippen LogP contribution in [0.5, 0.6) is 5.75 Å². The number of hydrogen-bond acceptors (Lipinski definition) is 3. The second-order valence-corrected chi connectivity index (χ2v) is 5.66. The van der Waals surface area contributed by atoms with E-state index in [2.05, 4.69) is 15.9 Å². The third kappa shape index (κ3) is 3.22. The van der Waals surface area contributed by atoms with Gasteiger partial charge in [0.25, 0.3) is 5.91 Å². The average molecular weight is 349 g/mol. The summed E-state index contributed by atoms with van der Waals surface area (Å²) in [5, 5.41) is 10.9. The molecule has 2 unspecified atom stereocenters. The SMILES string of the molecule is CC1COC(CBr)CN1C(=O)c1ccc(Cl)cc1O. The lowest BCUT2D eigenvalue weighted by Gasteiger charge is -2.37. The number of amides is 1. The van der Waals surface area contributed by atoms with Crippen molar-refractivity contribution in [2.75, 3.05) is 18.5 Å². The summed E-state index contributed by atoms with van der Waals surface area (Å²) in [6.07, 6.45) is -0.0189. The summed E-state index contributed by atoms with van der Waals surface area (Å²) >= 11 is 9.13. The molecule has 1 aliphatic rings. The van der Waals surface area contributed by atoms with Crippen molar-refractivity contribution in [3.05, 3.63) is 28.8 Å². The van der Waals surface area contributed by atoms with Crippen LogP contribution in [0, 0.1) is 0 Å². The Morgan fingerprint density at radius 1 is 1.63 bits per heavy atom. The predicted octanol–water partition coefficient (Wildman–Crippen LogP) is 2.67. The van der Waals surface area contributed by atoms with E-state index in [0.717, 1.165) is 0 Å². The molecule has 0 spiro atoms. The summed E-state index contributed by atoms with van der Waals surface area (Å²) < 4.78 is 5.58. The molecule has 19 heavy (non-hydrogen) atoms. The van der Waals surface area contributed by atoms with E-state index in [-0.39, 0.29) is 29.4 Å². The second kappa shape index (κ2) is 6.11. The highest BCUT2D eigenvalue weighted by Gasteiger charge is 2.30. The number of alkyl halides is 1. The monoisotopic (exact) mass is 347 g/mol. The Morgan fingerprint density at radius 3 is 3.00 bits per heavy atom. The van der Waals surface area contributed by atoms with E-state index in [0.29, 0.717) is 23.5 Å². The standard InChI is InChI=1S/C13H15BrClNO3/c1-8-7-19-10(5-14)6-16(8)13(18)11-3-2-9(15)4-12(11)17/h2-4,8,10,17H,5-7H2,1H3. The Kier molecular flexibility index (Phi) is 4.71. The minimum atomic E-state index is -0.198. The number of aromatic hydroxyl groups is 1. The second-order valence-electron chi connectivity index (χ2n) is 4.58. The van der Waals surface area contributed by atoms with Crippen molar-refractivity contribution in [3.63, 3.8) is 0 Å². The summed E-state index contributed by atoms with van der Waals surface area (Å²) in [5.41, 5.74) is 0.270. The number of carbonyl (C=O) groups is 1. The van der Waals surface area contributed by atoms with Crippen LogP contribution in [0.25, 0.3) is 0 Å². The molecule has 1 heterocycles. The van der Waals surface area contributed by atoms with Gasteiger partial charge in [-0.3, -0.25) is 4.79 Å². The summed E-state index contributed by atoms with van der Waals surface area (Å²) in [5.74, 6) is -0.289. The fourth-order valence-electron chi connectivity index (χ4n) is 2.03. The molecule has 1 aromatic carbocycles. The van der Waals surface area contributed by atoms with Gasteiger partial charge >= 0.3 is 0 Å². The molecule has 0 aliphatic carbocycles. The Balaban J connectivity index is 2.22. The van der Waals surface area contributed by atoms with Crippen LogP contribution in [0.3, 0.4) is 0 Å². The van der Waals surface area contributed by atoms with Crippen molar-refractivity contribution < 1.29 is 14.6 Å². The number of carbonyl (C=O) groups excluding carboxylic acids is 1. The van der Waals surface area contributed by atoms with Crippen molar-refractivity contribution >= 4 is 33.4 Å². The molecule has 0 aromatic heterocycles. The van der Waals surface area contributed by atoms with E-state index in [1.165, 1.54) is 6.07 Å². The van der Waals surface area contributed by atoms with Gasteiger partial charge in [0.1, 0.15) is 5.75 Å². The molecule has 1 aliphatic heterocycles. The molecule has 0 bridgehead atoms. The molecule has 6 heteroatoms.